The summed E-state index contributed by atoms with van der Waals surface area (Å²) in [7, 11) is 0. The Kier molecular flexibility index (Phi) is 8.92. The number of aromatic nitrogens is 5. The first-order chi connectivity index (χ1) is 18.9. The van der Waals surface area contributed by atoms with Gasteiger partial charge in [-0.05, 0) is 29.2 Å². The Bertz CT molecular complexity index is 1300. The highest BCUT2D eigenvalue weighted by Gasteiger charge is 2.38. The summed E-state index contributed by atoms with van der Waals surface area (Å²) in [6, 6.07) is 9.14. The minimum absolute atomic E-state index is 0.0519. The number of benzene rings is 1. The summed E-state index contributed by atoms with van der Waals surface area (Å²) >= 11 is 0. The molecular weight excluding hydrogens is 502 g/mol. The van der Waals surface area contributed by atoms with Gasteiger partial charge in [-0.2, -0.15) is 5.21 Å². The zero-order valence-electron chi connectivity index (χ0n) is 21.8. The largest absolute Gasteiger partial charge is 0.347 e. The molecule has 3 aromatic rings. The second kappa shape index (κ2) is 12.7. The number of carbonyl (C=O) groups is 4. The number of fused-ring (bicyclic) bond motifs is 1. The first kappa shape index (κ1) is 27.4. The Morgan fingerprint density at radius 1 is 1.13 bits per heavy atom. The lowest BCUT2D eigenvalue weighted by Gasteiger charge is -2.26. The van der Waals surface area contributed by atoms with Gasteiger partial charge in [-0.1, -0.05) is 49.7 Å². The van der Waals surface area contributed by atoms with Gasteiger partial charge in [-0.3, -0.25) is 29.1 Å². The van der Waals surface area contributed by atoms with Crippen LogP contribution in [0.2, 0.25) is 0 Å². The number of anilines is 1. The van der Waals surface area contributed by atoms with Crippen LogP contribution in [0.1, 0.15) is 37.2 Å². The van der Waals surface area contributed by atoms with Crippen LogP contribution >= 0.6 is 0 Å². The van der Waals surface area contributed by atoms with Crippen molar-refractivity contribution in [3.8, 4) is 0 Å². The maximum absolute atomic E-state index is 13.4. The molecule has 13 heteroatoms. The molecule has 0 spiro atoms. The molecule has 4 amide bonds. The lowest BCUT2D eigenvalue weighted by Crippen LogP contribution is -2.54. The lowest BCUT2D eigenvalue weighted by atomic mass is 9.98. The van der Waals surface area contributed by atoms with E-state index in [0.29, 0.717) is 24.4 Å². The lowest BCUT2D eigenvalue weighted by molar-refractivity contribution is -0.131. The average Bonchev–Trinajstić information content (AvgIpc) is 3.61. The van der Waals surface area contributed by atoms with Crippen molar-refractivity contribution in [2.75, 3.05) is 11.4 Å². The molecule has 3 atom stereocenters. The summed E-state index contributed by atoms with van der Waals surface area (Å²) in [6.45, 7) is 3.49. The molecular formula is C26H31N9O4. The molecule has 4 N–H and O–H groups in total. The number of tetrazole rings is 1. The molecule has 1 aliphatic rings. The number of rotatable bonds is 11. The van der Waals surface area contributed by atoms with Crippen LogP contribution in [0.4, 0.5) is 5.69 Å². The van der Waals surface area contributed by atoms with Crippen molar-refractivity contribution in [3.63, 3.8) is 0 Å². The number of carbonyl (C=O) groups excluding carboxylic acids is 4. The topological polar surface area (TPSA) is 175 Å². The first-order valence-electron chi connectivity index (χ1n) is 12.7. The summed E-state index contributed by atoms with van der Waals surface area (Å²) in [5.41, 5.74) is 2.18. The Hall–Kier alpha value is -4.68. The highest BCUT2D eigenvalue weighted by Crippen LogP contribution is 2.32. The zero-order chi connectivity index (χ0) is 27.8. The van der Waals surface area contributed by atoms with E-state index in [1.807, 2.05) is 26.0 Å². The number of H-pyrrole nitrogens is 1. The fourth-order valence-electron chi connectivity index (χ4n) is 4.42. The van der Waals surface area contributed by atoms with Crippen molar-refractivity contribution < 1.29 is 19.2 Å². The molecule has 1 aliphatic heterocycles. The summed E-state index contributed by atoms with van der Waals surface area (Å²) in [5, 5.41) is 21.6. The van der Waals surface area contributed by atoms with Crippen LogP contribution in [0.25, 0.3) is 0 Å². The summed E-state index contributed by atoms with van der Waals surface area (Å²) in [4.78, 5) is 57.6. The molecule has 13 nitrogen and oxygen atoms in total. The third-order valence-electron chi connectivity index (χ3n) is 6.67. The van der Waals surface area contributed by atoms with Crippen molar-refractivity contribution in [3.05, 3.63) is 65.7 Å². The SMILES string of the molecule is CC[C@H](C)[C@H](NC(=O)Cc1cccnc1)C(=O)NCC(=O)N1c2ccccc2C[C@H]1C(=O)NCc1nn[nH]n1. The highest BCUT2D eigenvalue weighted by molar-refractivity contribution is 6.05. The summed E-state index contributed by atoms with van der Waals surface area (Å²) in [5.74, 6) is -1.47. The van der Waals surface area contributed by atoms with Crippen LogP contribution in [0.15, 0.2) is 48.8 Å². The van der Waals surface area contributed by atoms with E-state index in [0.717, 1.165) is 11.1 Å². The Labute approximate surface area is 225 Å². The normalized spacial score (nSPS) is 15.6. The van der Waals surface area contributed by atoms with Crippen molar-refractivity contribution in [2.45, 2.75) is 51.7 Å². The van der Waals surface area contributed by atoms with Crippen molar-refractivity contribution >= 4 is 29.3 Å². The molecule has 2 aromatic heterocycles. The van der Waals surface area contributed by atoms with E-state index < -0.39 is 23.9 Å². The smallest absolute Gasteiger partial charge is 0.247 e. The third-order valence-corrected chi connectivity index (χ3v) is 6.67. The van der Waals surface area contributed by atoms with Gasteiger partial charge in [0.25, 0.3) is 0 Å². The predicted octanol–water partition coefficient (Wildman–Crippen LogP) is 0.0586. The van der Waals surface area contributed by atoms with Crippen LogP contribution in [0.3, 0.4) is 0 Å². The Morgan fingerprint density at radius 3 is 2.67 bits per heavy atom. The summed E-state index contributed by atoms with van der Waals surface area (Å²) < 4.78 is 0. The van der Waals surface area contributed by atoms with Gasteiger partial charge < -0.3 is 16.0 Å². The van der Waals surface area contributed by atoms with E-state index in [9.17, 15) is 19.2 Å². The van der Waals surface area contributed by atoms with Crippen LogP contribution in [-0.2, 0) is 38.6 Å². The second-order valence-corrected chi connectivity index (χ2v) is 9.34. The molecule has 39 heavy (non-hydrogen) atoms. The van der Waals surface area contributed by atoms with Crippen molar-refractivity contribution in [1.82, 2.24) is 41.6 Å². The maximum Gasteiger partial charge on any atom is 0.247 e. The van der Waals surface area contributed by atoms with Crippen LogP contribution in [0, 0.1) is 5.92 Å². The van der Waals surface area contributed by atoms with Crippen LogP contribution < -0.4 is 20.9 Å². The first-order valence-corrected chi connectivity index (χ1v) is 12.7. The van der Waals surface area contributed by atoms with E-state index >= 15 is 0 Å². The van der Waals surface area contributed by atoms with Crippen LogP contribution in [0.5, 0.6) is 0 Å². The van der Waals surface area contributed by atoms with E-state index in [-0.39, 0.29) is 37.2 Å². The number of pyridine rings is 1. The quantitative estimate of drug-likeness (QED) is 0.268. The maximum atomic E-state index is 13.4. The van der Waals surface area contributed by atoms with E-state index in [1.54, 1.807) is 36.7 Å². The molecule has 1 aromatic carbocycles. The monoisotopic (exact) mass is 533 g/mol. The number of nitrogens with zero attached hydrogens (tertiary/aromatic N) is 5. The van der Waals surface area contributed by atoms with Gasteiger partial charge in [0.05, 0.1) is 19.5 Å². The molecule has 0 bridgehead atoms. The molecule has 4 rings (SSSR count). The van der Waals surface area contributed by atoms with Gasteiger partial charge in [-0.15, -0.1) is 10.2 Å². The number of para-hydroxylation sites is 1. The van der Waals surface area contributed by atoms with Crippen molar-refractivity contribution in [1.29, 1.82) is 0 Å². The summed E-state index contributed by atoms with van der Waals surface area (Å²) in [6.07, 6.45) is 4.27. The molecule has 0 unspecified atom stereocenters. The second-order valence-electron chi connectivity index (χ2n) is 9.34. The standard InChI is InChI=1S/C26H31N9O4/c1-3-16(2)24(30-22(36)11-17-7-6-10-27-13-17)26(39)29-15-23(37)35-19-9-5-4-8-18(19)12-20(35)25(38)28-14-21-31-33-34-32-21/h4-10,13,16,20,24H,3,11-12,14-15H2,1-2H3,(H,28,38)(H,29,39)(H,30,36)(H,31,32,33,34)/t16-,20-,24-/m0/s1. The van der Waals surface area contributed by atoms with Gasteiger partial charge in [0.15, 0.2) is 5.82 Å². The molecule has 0 fully saturated rings. The van der Waals surface area contributed by atoms with Gasteiger partial charge in [0, 0.05) is 24.5 Å². The van der Waals surface area contributed by atoms with Crippen LogP contribution in [-0.4, -0.2) is 67.9 Å². The van der Waals surface area contributed by atoms with E-state index in [1.165, 1.54) is 4.90 Å². The minimum atomic E-state index is -0.827. The fraction of sp³-hybridized carbons (Fsp3) is 0.385. The van der Waals surface area contributed by atoms with Gasteiger partial charge in [0.2, 0.25) is 23.6 Å². The van der Waals surface area contributed by atoms with Gasteiger partial charge in [-0.25, -0.2) is 0 Å². The van der Waals surface area contributed by atoms with Crippen molar-refractivity contribution in [2.24, 2.45) is 5.92 Å². The molecule has 0 saturated carbocycles. The zero-order valence-corrected chi connectivity index (χ0v) is 21.8. The number of amides is 4. The minimum Gasteiger partial charge on any atom is -0.347 e. The van der Waals surface area contributed by atoms with Gasteiger partial charge >= 0.3 is 0 Å². The number of nitrogens with one attached hydrogen (secondary N) is 4. The molecule has 0 saturated heterocycles. The molecule has 0 aliphatic carbocycles. The average molecular weight is 534 g/mol. The molecule has 204 valence electrons. The Balaban J connectivity index is 1.41. The van der Waals surface area contributed by atoms with E-state index in [2.05, 4.69) is 41.6 Å². The number of hydrogen-bond donors (Lipinski definition) is 4. The molecule has 3 heterocycles. The fourth-order valence-corrected chi connectivity index (χ4v) is 4.42. The highest BCUT2D eigenvalue weighted by atomic mass is 16.2. The number of aromatic amines is 1. The predicted molar refractivity (Wildman–Crippen MR) is 140 cm³/mol. The Morgan fingerprint density at radius 2 is 1.95 bits per heavy atom. The van der Waals surface area contributed by atoms with E-state index in [4.69, 9.17) is 0 Å². The third kappa shape index (κ3) is 6.80. The molecule has 0 radical (unpaired) electrons. The number of hydrogen-bond acceptors (Lipinski definition) is 8. The van der Waals surface area contributed by atoms with Gasteiger partial charge in [0.1, 0.15) is 12.1 Å².